The Kier molecular flexibility index (Phi) is 16.4. The van der Waals surface area contributed by atoms with E-state index < -0.39 is 17.1 Å². The topological polar surface area (TPSA) is 36.9 Å². The molecule has 0 saturated carbocycles. The van der Waals surface area contributed by atoms with E-state index in [4.69, 9.17) is 17.7 Å². The van der Waals surface area contributed by atoms with Gasteiger partial charge in [-0.1, -0.05) is 127 Å². The SMILES string of the molecule is CCCCO[Si](CC(CC)[Si](OCCCC)(OCCCC)c1ccccc1)(OCCCC)c1ccccc1. The van der Waals surface area contributed by atoms with E-state index in [0.717, 1.165) is 90.3 Å². The van der Waals surface area contributed by atoms with Gasteiger partial charge in [0.25, 0.3) is 0 Å². The molecule has 0 N–H and O–H groups in total. The summed E-state index contributed by atoms with van der Waals surface area (Å²) >= 11 is 0. The van der Waals surface area contributed by atoms with Gasteiger partial charge in [0.2, 0.25) is 0 Å². The molecule has 1 unspecified atom stereocenters. The van der Waals surface area contributed by atoms with Gasteiger partial charge in [-0.2, -0.15) is 0 Å². The van der Waals surface area contributed by atoms with Gasteiger partial charge in [0.15, 0.2) is 0 Å². The summed E-state index contributed by atoms with van der Waals surface area (Å²) in [6.07, 6.45) is 9.54. The second-order valence-electron chi connectivity index (χ2n) is 10.3. The minimum absolute atomic E-state index is 0.216. The van der Waals surface area contributed by atoms with E-state index in [-0.39, 0.29) is 5.54 Å². The van der Waals surface area contributed by atoms with Crippen LogP contribution in [0.4, 0.5) is 0 Å². The van der Waals surface area contributed by atoms with Gasteiger partial charge in [-0.3, -0.25) is 0 Å². The van der Waals surface area contributed by atoms with E-state index in [1.54, 1.807) is 0 Å². The lowest BCUT2D eigenvalue weighted by molar-refractivity contribution is 0.155. The van der Waals surface area contributed by atoms with Crippen molar-refractivity contribution in [2.45, 2.75) is 104 Å². The Hall–Kier alpha value is -1.29. The van der Waals surface area contributed by atoms with E-state index in [2.05, 4.69) is 95.3 Å². The summed E-state index contributed by atoms with van der Waals surface area (Å²) in [6, 6.07) is 22.4. The third-order valence-corrected chi connectivity index (χ3v) is 15.3. The third-order valence-electron chi connectivity index (χ3n) is 7.23. The van der Waals surface area contributed by atoms with Crippen LogP contribution in [0.15, 0.2) is 60.7 Å². The Morgan fingerprint density at radius 3 is 1.32 bits per heavy atom. The number of rotatable bonds is 22. The highest BCUT2D eigenvalue weighted by atomic mass is 28.4. The van der Waals surface area contributed by atoms with Crippen LogP contribution >= 0.6 is 0 Å². The monoisotopic (exact) mass is 558 g/mol. The molecular formula is C32H54O4Si2. The van der Waals surface area contributed by atoms with Crippen LogP contribution in [0.2, 0.25) is 11.6 Å². The fourth-order valence-corrected chi connectivity index (χ4v) is 13.7. The molecule has 38 heavy (non-hydrogen) atoms. The zero-order valence-corrected chi connectivity index (χ0v) is 26.9. The molecule has 6 heteroatoms. The van der Waals surface area contributed by atoms with Gasteiger partial charge in [-0.25, -0.2) is 0 Å². The molecule has 0 amide bonds. The van der Waals surface area contributed by atoms with Crippen molar-refractivity contribution in [3.05, 3.63) is 60.7 Å². The molecule has 0 aromatic heterocycles. The molecule has 0 spiro atoms. The van der Waals surface area contributed by atoms with Crippen molar-refractivity contribution < 1.29 is 17.7 Å². The molecule has 0 heterocycles. The minimum Gasteiger partial charge on any atom is -0.391 e. The smallest absolute Gasteiger partial charge is 0.375 e. The summed E-state index contributed by atoms with van der Waals surface area (Å²) < 4.78 is 27.9. The Balaban J connectivity index is 2.61. The second-order valence-corrected chi connectivity index (χ2v) is 16.6. The maximum atomic E-state index is 7.02. The Labute approximate surface area is 235 Å². The lowest BCUT2D eigenvalue weighted by Crippen LogP contribution is -2.62. The van der Waals surface area contributed by atoms with Crippen LogP contribution < -0.4 is 10.4 Å². The molecule has 0 aliphatic rings. The molecule has 0 aliphatic carbocycles. The first-order valence-corrected chi connectivity index (χ1v) is 19.2. The fraction of sp³-hybridized carbons (Fsp3) is 0.625. The van der Waals surface area contributed by atoms with Crippen molar-refractivity contribution in [1.29, 1.82) is 0 Å². The summed E-state index contributed by atoms with van der Waals surface area (Å²) in [5.41, 5.74) is 0.216. The summed E-state index contributed by atoms with van der Waals surface area (Å²) in [5, 5.41) is 2.46. The van der Waals surface area contributed by atoms with Crippen molar-refractivity contribution in [3.63, 3.8) is 0 Å². The Morgan fingerprint density at radius 2 is 0.921 bits per heavy atom. The quantitative estimate of drug-likeness (QED) is 0.109. The highest BCUT2D eigenvalue weighted by molar-refractivity contribution is 6.87. The normalized spacial score (nSPS) is 13.1. The van der Waals surface area contributed by atoms with Crippen molar-refractivity contribution in [2.24, 2.45) is 0 Å². The number of hydrogen-bond acceptors (Lipinski definition) is 4. The van der Waals surface area contributed by atoms with Crippen LogP contribution in [0, 0.1) is 0 Å². The molecule has 1 atom stereocenters. The molecule has 0 radical (unpaired) electrons. The number of benzene rings is 2. The van der Waals surface area contributed by atoms with Gasteiger partial charge in [0, 0.05) is 38.0 Å². The summed E-state index contributed by atoms with van der Waals surface area (Å²) in [4.78, 5) is 0. The van der Waals surface area contributed by atoms with Crippen molar-refractivity contribution in [2.75, 3.05) is 26.4 Å². The lowest BCUT2D eigenvalue weighted by Gasteiger charge is -2.41. The van der Waals surface area contributed by atoms with E-state index in [1.807, 2.05) is 0 Å². The molecule has 2 aromatic rings. The van der Waals surface area contributed by atoms with E-state index in [0.29, 0.717) is 0 Å². The van der Waals surface area contributed by atoms with Gasteiger partial charge in [0.05, 0.1) is 0 Å². The zero-order chi connectivity index (χ0) is 27.5. The predicted molar refractivity (Wildman–Crippen MR) is 166 cm³/mol. The van der Waals surface area contributed by atoms with E-state index in [1.165, 1.54) is 10.4 Å². The van der Waals surface area contributed by atoms with Crippen molar-refractivity contribution in [1.82, 2.24) is 0 Å². The maximum Gasteiger partial charge on any atom is 0.375 e. The molecule has 4 nitrogen and oxygen atoms in total. The van der Waals surface area contributed by atoms with E-state index in [9.17, 15) is 0 Å². The van der Waals surface area contributed by atoms with Gasteiger partial charge < -0.3 is 17.7 Å². The first-order valence-electron chi connectivity index (χ1n) is 15.3. The number of hydrogen-bond donors (Lipinski definition) is 0. The molecule has 0 aliphatic heterocycles. The standard InChI is InChI=1S/C32H54O4Si2/c1-6-11-25-33-37(34-26-12-7-2,31-21-17-15-18-22-31)29-30(10-5)38(35-27-13-8-3,36-28-14-9-4)32-23-19-16-20-24-32/h15-24,30H,6-14,25-29H2,1-5H3. The Bertz CT molecular complexity index is 814. The van der Waals surface area contributed by atoms with Gasteiger partial charge >= 0.3 is 17.1 Å². The van der Waals surface area contributed by atoms with Crippen molar-refractivity contribution >= 4 is 27.5 Å². The first kappa shape index (κ1) is 32.9. The number of unbranched alkanes of at least 4 members (excludes halogenated alkanes) is 4. The molecule has 2 rings (SSSR count). The average Bonchev–Trinajstić information content (AvgIpc) is 2.96. The minimum atomic E-state index is -2.84. The molecule has 2 aromatic carbocycles. The van der Waals surface area contributed by atoms with Gasteiger partial charge in [-0.15, -0.1) is 0 Å². The van der Waals surface area contributed by atoms with Gasteiger partial charge in [0.1, 0.15) is 0 Å². The van der Waals surface area contributed by atoms with Crippen molar-refractivity contribution in [3.8, 4) is 0 Å². The van der Waals surface area contributed by atoms with Crippen LogP contribution in [0.3, 0.4) is 0 Å². The summed E-state index contributed by atoms with van der Waals surface area (Å²) in [7, 11) is -5.63. The first-order chi connectivity index (χ1) is 18.6. The van der Waals surface area contributed by atoms with Crippen LogP contribution in [-0.2, 0) is 17.7 Å². The summed E-state index contributed by atoms with van der Waals surface area (Å²) in [5.74, 6) is 0. The maximum absolute atomic E-state index is 7.02. The highest BCUT2D eigenvalue weighted by Crippen LogP contribution is 2.37. The second kappa shape index (κ2) is 18.9. The molecule has 214 valence electrons. The van der Waals surface area contributed by atoms with Crippen LogP contribution in [-0.4, -0.2) is 43.5 Å². The third kappa shape index (κ3) is 9.72. The summed E-state index contributed by atoms with van der Waals surface area (Å²) in [6.45, 7) is 14.1. The van der Waals surface area contributed by atoms with E-state index >= 15 is 0 Å². The van der Waals surface area contributed by atoms with Crippen LogP contribution in [0.1, 0.15) is 92.4 Å². The Morgan fingerprint density at radius 1 is 0.526 bits per heavy atom. The highest BCUT2D eigenvalue weighted by Gasteiger charge is 2.53. The lowest BCUT2D eigenvalue weighted by atomic mass is 10.3. The molecular weight excluding hydrogens is 505 g/mol. The zero-order valence-electron chi connectivity index (χ0n) is 24.9. The molecule has 0 saturated heterocycles. The predicted octanol–water partition coefficient (Wildman–Crippen LogP) is 7.73. The van der Waals surface area contributed by atoms with Gasteiger partial charge in [-0.05, 0) is 36.1 Å². The van der Waals surface area contributed by atoms with Crippen LogP contribution in [0.5, 0.6) is 0 Å². The largest absolute Gasteiger partial charge is 0.391 e. The molecule has 0 fully saturated rings. The molecule has 0 bridgehead atoms. The van der Waals surface area contributed by atoms with Crippen LogP contribution in [0.25, 0.3) is 0 Å². The fourth-order valence-electron chi connectivity index (χ4n) is 4.86. The average molecular weight is 559 g/mol.